The van der Waals surface area contributed by atoms with Gasteiger partial charge in [-0.05, 0) is 79.1 Å². The first-order valence-corrected chi connectivity index (χ1v) is 13.6. The maximum Gasteiger partial charge on any atom is 0.335 e. The average Bonchev–Trinajstić information content (AvgIpc) is 3.09. The highest BCUT2D eigenvalue weighted by atomic mass is 16.5. The number of aromatic carboxylic acids is 1. The van der Waals surface area contributed by atoms with Crippen molar-refractivity contribution in [1.29, 1.82) is 0 Å². The van der Waals surface area contributed by atoms with Crippen molar-refractivity contribution in [2.75, 3.05) is 30.0 Å². The zero-order valence-electron chi connectivity index (χ0n) is 23.6. The van der Waals surface area contributed by atoms with Gasteiger partial charge in [0.15, 0.2) is 5.82 Å². The number of benzene rings is 2. The summed E-state index contributed by atoms with van der Waals surface area (Å²) >= 11 is 0. The number of hydrogen-bond donors (Lipinski definition) is 2. The molecule has 0 aliphatic carbocycles. The van der Waals surface area contributed by atoms with Gasteiger partial charge in [0.2, 0.25) is 0 Å². The summed E-state index contributed by atoms with van der Waals surface area (Å²) in [4.78, 5) is 49.7. The van der Waals surface area contributed by atoms with Crippen molar-refractivity contribution in [3.8, 4) is 5.75 Å². The number of carboxylic acid groups (broad SMARTS) is 1. The van der Waals surface area contributed by atoms with Gasteiger partial charge >= 0.3 is 5.97 Å². The number of nitrogens with zero attached hydrogens (tertiary/aromatic N) is 4. The fourth-order valence-corrected chi connectivity index (χ4v) is 4.84. The molecule has 0 atom stereocenters. The first kappa shape index (κ1) is 28.3. The lowest BCUT2D eigenvalue weighted by Gasteiger charge is -2.22. The molecule has 214 valence electrons. The van der Waals surface area contributed by atoms with Crippen LogP contribution in [0, 0.1) is 6.92 Å². The highest BCUT2D eigenvalue weighted by Gasteiger charge is 2.30. The van der Waals surface area contributed by atoms with Crippen molar-refractivity contribution in [2.45, 2.75) is 26.8 Å². The molecule has 0 spiro atoms. The van der Waals surface area contributed by atoms with Crippen LogP contribution in [0.4, 0.5) is 17.3 Å². The number of nitrogens with one attached hydrogen (secondary N) is 1. The number of rotatable bonds is 9. The van der Waals surface area contributed by atoms with Gasteiger partial charge in [-0.15, -0.1) is 0 Å². The number of pyridine rings is 2. The summed E-state index contributed by atoms with van der Waals surface area (Å²) in [6.45, 7) is 5.13. The Labute approximate surface area is 243 Å². The number of fused-ring (bicyclic) bond motifs is 2. The molecule has 1 aliphatic heterocycles. The van der Waals surface area contributed by atoms with E-state index in [1.165, 1.54) is 12.1 Å². The molecule has 0 fully saturated rings. The van der Waals surface area contributed by atoms with Gasteiger partial charge in [-0.2, -0.15) is 0 Å². The number of ether oxygens (including phenoxy) is 1. The number of carbonyl (C=O) groups is 3. The molecule has 2 aromatic carbocycles. The number of hydrogen-bond acceptors (Lipinski definition) is 7. The Bertz CT molecular complexity index is 1650. The molecule has 0 radical (unpaired) electrons. The molecule has 4 aromatic rings. The van der Waals surface area contributed by atoms with Crippen LogP contribution in [0.1, 0.15) is 54.7 Å². The molecule has 0 unspecified atom stereocenters. The second-order valence-corrected chi connectivity index (χ2v) is 9.93. The van der Waals surface area contributed by atoms with Gasteiger partial charge in [-0.3, -0.25) is 9.59 Å². The first-order chi connectivity index (χ1) is 20.3. The topological polar surface area (TPSA) is 125 Å². The van der Waals surface area contributed by atoms with Crippen LogP contribution < -0.4 is 19.9 Å². The molecule has 42 heavy (non-hydrogen) atoms. The van der Waals surface area contributed by atoms with Crippen LogP contribution in [0.5, 0.6) is 5.75 Å². The van der Waals surface area contributed by atoms with Gasteiger partial charge in [0.1, 0.15) is 11.6 Å². The number of aromatic nitrogens is 2. The molecule has 5 rings (SSSR count). The van der Waals surface area contributed by atoms with Gasteiger partial charge < -0.3 is 25.0 Å². The maximum atomic E-state index is 13.4. The van der Waals surface area contributed by atoms with E-state index in [0.717, 1.165) is 22.4 Å². The monoisotopic (exact) mass is 565 g/mol. The Morgan fingerprint density at radius 3 is 2.45 bits per heavy atom. The third-order valence-corrected chi connectivity index (χ3v) is 7.15. The lowest BCUT2D eigenvalue weighted by Crippen LogP contribution is -2.25. The largest absolute Gasteiger partial charge is 0.493 e. The average molecular weight is 566 g/mol. The van der Waals surface area contributed by atoms with Crippen molar-refractivity contribution in [3.63, 3.8) is 0 Å². The molecule has 0 saturated heterocycles. The Hall–Kier alpha value is -5.25. The molecule has 10 nitrogen and oxygen atoms in total. The normalized spacial score (nSPS) is 12.3. The van der Waals surface area contributed by atoms with E-state index in [2.05, 4.69) is 15.3 Å². The zero-order valence-corrected chi connectivity index (χ0v) is 23.6. The minimum atomic E-state index is -0.992. The van der Waals surface area contributed by atoms with E-state index in [0.29, 0.717) is 48.1 Å². The molecule has 3 heterocycles. The van der Waals surface area contributed by atoms with E-state index in [1.54, 1.807) is 54.7 Å². The Kier molecular flexibility index (Phi) is 8.14. The van der Waals surface area contributed by atoms with Crippen LogP contribution in [0.2, 0.25) is 0 Å². The summed E-state index contributed by atoms with van der Waals surface area (Å²) in [5.41, 5.74) is 4.42. The Balaban J connectivity index is 1.21. The van der Waals surface area contributed by atoms with Crippen LogP contribution >= 0.6 is 0 Å². The highest BCUT2D eigenvalue weighted by Crippen LogP contribution is 2.37. The van der Waals surface area contributed by atoms with Gasteiger partial charge in [-0.25, -0.2) is 14.8 Å². The fourth-order valence-electron chi connectivity index (χ4n) is 4.84. The van der Waals surface area contributed by atoms with Crippen molar-refractivity contribution < 1.29 is 24.2 Å². The second-order valence-electron chi connectivity index (χ2n) is 9.93. The summed E-state index contributed by atoms with van der Waals surface area (Å²) in [5, 5.41) is 11.9. The summed E-state index contributed by atoms with van der Waals surface area (Å²) in [6, 6.07) is 17.2. The predicted octanol–water partition coefficient (Wildman–Crippen LogP) is 4.78. The predicted molar refractivity (Wildman–Crippen MR) is 159 cm³/mol. The van der Waals surface area contributed by atoms with E-state index < -0.39 is 5.97 Å². The number of carbonyl (C=O) groups excluding carboxylic acids is 2. The standard InChI is InChI=1S/C32H31N5O5/c1-4-37-28-25(31(39)36(3)26-6-5-14-33-29(26)37)17-22(19-34-28)13-15-42-27-12-11-24(16-20(27)2)30(38)35-18-21-7-9-23(10-8-21)32(40)41/h5-12,14,16-17,19H,4,13,15,18H2,1-3H3,(H,35,38)(H,40,41). The quantitative estimate of drug-likeness (QED) is 0.297. The first-order valence-electron chi connectivity index (χ1n) is 13.6. The molecule has 0 bridgehead atoms. The molecule has 2 aromatic heterocycles. The van der Waals surface area contributed by atoms with E-state index in [9.17, 15) is 14.4 Å². The van der Waals surface area contributed by atoms with Gasteiger partial charge in [0.05, 0.1) is 23.4 Å². The number of aryl methyl sites for hydroxylation is 1. The molecule has 2 N–H and O–H groups in total. The van der Waals surface area contributed by atoms with E-state index in [1.807, 2.05) is 36.9 Å². The summed E-state index contributed by atoms with van der Waals surface area (Å²) in [6.07, 6.45) is 4.01. The summed E-state index contributed by atoms with van der Waals surface area (Å²) < 4.78 is 6.02. The number of amides is 2. The van der Waals surface area contributed by atoms with Crippen molar-refractivity contribution in [1.82, 2.24) is 15.3 Å². The smallest absolute Gasteiger partial charge is 0.335 e. The van der Waals surface area contributed by atoms with E-state index in [4.69, 9.17) is 9.84 Å². The maximum absolute atomic E-state index is 13.4. The van der Waals surface area contributed by atoms with Gasteiger partial charge in [0.25, 0.3) is 11.8 Å². The molecule has 2 amide bonds. The molecular formula is C32H31N5O5. The van der Waals surface area contributed by atoms with E-state index >= 15 is 0 Å². The minimum Gasteiger partial charge on any atom is -0.493 e. The third-order valence-electron chi connectivity index (χ3n) is 7.15. The lowest BCUT2D eigenvalue weighted by molar-refractivity contribution is 0.0696. The molecule has 10 heteroatoms. The van der Waals surface area contributed by atoms with Crippen LogP contribution in [-0.2, 0) is 13.0 Å². The molecular weight excluding hydrogens is 534 g/mol. The van der Waals surface area contributed by atoms with Crippen LogP contribution in [0.15, 0.2) is 73.1 Å². The van der Waals surface area contributed by atoms with Crippen LogP contribution in [0.3, 0.4) is 0 Å². The highest BCUT2D eigenvalue weighted by molar-refractivity contribution is 6.12. The van der Waals surface area contributed by atoms with Crippen molar-refractivity contribution in [3.05, 3.63) is 106 Å². The van der Waals surface area contributed by atoms with Crippen LogP contribution in [-0.4, -0.2) is 53.1 Å². The fraction of sp³-hybridized carbons (Fsp3) is 0.219. The molecule has 0 saturated carbocycles. The zero-order chi connectivity index (χ0) is 29.8. The third kappa shape index (κ3) is 5.78. The van der Waals surface area contributed by atoms with Crippen molar-refractivity contribution >= 4 is 35.1 Å². The lowest BCUT2D eigenvalue weighted by atomic mass is 10.1. The van der Waals surface area contributed by atoms with Crippen molar-refractivity contribution in [2.24, 2.45) is 0 Å². The number of carboxylic acids is 1. The minimum absolute atomic E-state index is 0.146. The van der Waals surface area contributed by atoms with E-state index in [-0.39, 0.29) is 23.9 Å². The molecule has 1 aliphatic rings. The Morgan fingerprint density at radius 2 is 1.74 bits per heavy atom. The van der Waals surface area contributed by atoms with Crippen LogP contribution in [0.25, 0.3) is 0 Å². The summed E-state index contributed by atoms with van der Waals surface area (Å²) in [7, 11) is 1.74. The van der Waals surface area contributed by atoms with Gasteiger partial charge in [0, 0.05) is 44.5 Å². The Morgan fingerprint density at radius 1 is 0.976 bits per heavy atom. The summed E-state index contributed by atoms with van der Waals surface area (Å²) in [5.74, 6) is 0.559. The van der Waals surface area contributed by atoms with Gasteiger partial charge in [-0.1, -0.05) is 12.1 Å². The second kappa shape index (κ2) is 12.1. The SMILES string of the molecule is CCN1c2ncc(CCOc3ccc(C(=O)NCc4ccc(C(=O)O)cc4)cc3C)cc2C(=O)N(C)c2cccnc21. The number of anilines is 3.